The van der Waals surface area contributed by atoms with Crippen LogP contribution in [0.4, 0.5) is 24.0 Å². The number of rotatable bonds is 10. The van der Waals surface area contributed by atoms with E-state index >= 15 is 0 Å². The van der Waals surface area contributed by atoms with Crippen LogP contribution in [0.2, 0.25) is 0 Å². The summed E-state index contributed by atoms with van der Waals surface area (Å²) >= 11 is 1.45. The zero-order chi connectivity index (χ0) is 41.6. The molecule has 1 aliphatic carbocycles. The first-order chi connectivity index (χ1) is 27.9. The molecule has 4 aliphatic heterocycles. The normalized spacial score (nSPS) is 21.1. The topological polar surface area (TPSA) is 165 Å². The van der Waals surface area contributed by atoms with Crippen LogP contribution in [0.15, 0.2) is 48.5 Å². The number of anilines is 2. The molecular weight excluding hydrogens is 788 g/mol. The van der Waals surface area contributed by atoms with Gasteiger partial charge in [-0.1, -0.05) is 29.5 Å². The Kier molecular flexibility index (Phi) is 9.43. The number of piperidine rings is 1. The lowest BCUT2D eigenvalue weighted by Gasteiger charge is -2.60. The number of thiazole rings is 1. The number of likely N-dealkylation sites (tertiary alicyclic amines) is 1. The Hall–Kier alpha value is -5.26. The minimum atomic E-state index is -4.70. The summed E-state index contributed by atoms with van der Waals surface area (Å²) in [5.74, 6) is -1.76. The maximum Gasteiger partial charge on any atom is 0.433 e. The van der Waals surface area contributed by atoms with Gasteiger partial charge in [0.1, 0.15) is 17.4 Å². The number of pyridine rings is 1. The number of nitrogens with zero attached hydrogens (tertiary/aromatic N) is 5. The SMILES string of the molecule is CC(C)(O)c1cc2nc(N3CC(CN4CC5(CC(CCc6cccc7c6C(=O)N(C6CCC(=O)NC6=O)C7=O)C5)C4)C3)sc2cc1NC(=O)c1cccc(C(F)(F)F)n1. The first-order valence-electron chi connectivity index (χ1n) is 19.8. The van der Waals surface area contributed by atoms with Crippen molar-refractivity contribution < 1.29 is 42.3 Å². The fourth-order valence-corrected chi connectivity index (χ4v) is 10.6. The average molecular weight is 830 g/mol. The second-order valence-electron chi connectivity index (χ2n) is 17.3. The van der Waals surface area contributed by atoms with E-state index in [1.54, 1.807) is 38.1 Å². The molecule has 0 radical (unpaired) electrons. The van der Waals surface area contributed by atoms with Crippen molar-refractivity contribution in [2.75, 3.05) is 42.9 Å². The third kappa shape index (κ3) is 7.26. The molecule has 17 heteroatoms. The van der Waals surface area contributed by atoms with Crippen molar-refractivity contribution in [2.45, 2.75) is 70.2 Å². The van der Waals surface area contributed by atoms with E-state index in [-0.39, 0.29) is 18.5 Å². The minimum absolute atomic E-state index is 0.0827. The maximum atomic E-state index is 13.5. The van der Waals surface area contributed by atoms with Crippen LogP contribution in [0.25, 0.3) is 10.2 Å². The summed E-state index contributed by atoms with van der Waals surface area (Å²) in [6.45, 7) is 7.92. The number of aryl methyl sites for hydroxylation is 1. The largest absolute Gasteiger partial charge is 0.433 e. The molecule has 9 rings (SSSR count). The second kappa shape index (κ2) is 14.2. The van der Waals surface area contributed by atoms with Crippen molar-refractivity contribution in [3.63, 3.8) is 0 Å². The van der Waals surface area contributed by atoms with Crippen molar-refractivity contribution in [3.8, 4) is 0 Å². The smallest absolute Gasteiger partial charge is 0.386 e. The number of aliphatic hydroxyl groups is 1. The van der Waals surface area contributed by atoms with E-state index in [2.05, 4.69) is 25.4 Å². The van der Waals surface area contributed by atoms with E-state index in [0.29, 0.717) is 45.9 Å². The number of hydrogen-bond donors (Lipinski definition) is 3. The molecule has 1 unspecified atom stereocenters. The van der Waals surface area contributed by atoms with Gasteiger partial charge in [-0.3, -0.25) is 34.2 Å². The van der Waals surface area contributed by atoms with Gasteiger partial charge in [-0.25, -0.2) is 9.97 Å². The number of aromatic nitrogens is 2. The van der Waals surface area contributed by atoms with Crippen LogP contribution in [0, 0.1) is 17.3 Å². The standard InChI is InChI=1S/C42H42F3N7O6S/c1-40(2,58)26-13-29-31(14-28(26)47-35(54)27-7-4-8-32(46-27)42(43,44)45)59-39(48-29)51-18-23(19-51)17-50-20-41(21-50)15-22(16-41)9-10-24-5-3-6-25-34(24)38(57)52(37(25)56)30-11-12-33(53)49-36(30)55/h3-8,13-14,22-23,30,58H,9-12,15-21H2,1-2H3,(H,47,54)(H,49,53,55). The maximum absolute atomic E-state index is 13.5. The molecule has 2 aromatic heterocycles. The summed E-state index contributed by atoms with van der Waals surface area (Å²) in [6.07, 6.45) is -0.647. The summed E-state index contributed by atoms with van der Waals surface area (Å²) in [5, 5.41) is 16.7. The Balaban J connectivity index is 0.759. The number of imide groups is 2. The molecular formula is C42H42F3N7O6S. The van der Waals surface area contributed by atoms with Crippen LogP contribution in [-0.4, -0.2) is 93.2 Å². The molecule has 13 nitrogen and oxygen atoms in total. The lowest BCUT2D eigenvalue weighted by Crippen LogP contribution is -2.64. The first-order valence-corrected chi connectivity index (χ1v) is 20.6. The van der Waals surface area contributed by atoms with Gasteiger partial charge in [0.2, 0.25) is 11.8 Å². The predicted octanol–water partition coefficient (Wildman–Crippen LogP) is 5.37. The highest BCUT2D eigenvalue weighted by Crippen LogP contribution is 2.54. The Bertz CT molecular complexity index is 2430. The van der Waals surface area contributed by atoms with E-state index in [4.69, 9.17) is 4.98 Å². The molecule has 308 valence electrons. The van der Waals surface area contributed by atoms with Crippen molar-refractivity contribution >= 4 is 61.9 Å². The van der Waals surface area contributed by atoms with Gasteiger partial charge < -0.3 is 20.2 Å². The number of hydrogen-bond acceptors (Lipinski definition) is 11. The van der Waals surface area contributed by atoms with Gasteiger partial charge in [0.15, 0.2) is 5.13 Å². The number of amides is 5. The molecule has 6 heterocycles. The number of benzene rings is 2. The molecule has 3 saturated heterocycles. The third-order valence-corrected chi connectivity index (χ3v) is 13.5. The van der Waals surface area contributed by atoms with E-state index in [0.717, 1.165) is 84.4 Å². The van der Waals surface area contributed by atoms with Crippen molar-refractivity contribution in [1.29, 1.82) is 0 Å². The second-order valence-corrected chi connectivity index (χ2v) is 18.3. The summed E-state index contributed by atoms with van der Waals surface area (Å²) in [7, 11) is 0. The van der Waals surface area contributed by atoms with Crippen LogP contribution >= 0.6 is 11.3 Å². The van der Waals surface area contributed by atoms with Gasteiger partial charge in [-0.05, 0) is 93.2 Å². The lowest BCUT2D eigenvalue weighted by molar-refractivity contribution is -0.141. The van der Waals surface area contributed by atoms with Gasteiger partial charge in [0.05, 0.1) is 26.9 Å². The Morgan fingerprint density at radius 1 is 1.00 bits per heavy atom. The van der Waals surface area contributed by atoms with Crippen LogP contribution in [0.3, 0.4) is 0 Å². The fraction of sp³-hybridized carbons (Fsp3) is 0.452. The summed E-state index contributed by atoms with van der Waals surface area (Å²) < 4.78 is 40.4. The summed E-state index contributed by atoms with van der Waals surface area (Å²) in [6, 6.07) is 10.9. The van der Waals surface area contributed by atoms with Gasteiger partial charge >= 0.3 is 6.18 Å². The molecule has 4 aromatic rings. The van der Waals surface area contributed by atoms with Gasteiger partial charge in [-0.2, -0.15) is 13.2 Å². The van der Waals surface area contributed by atoms with E-state index in [1.807, 2.05) is 6.07 Å². The van der Waals surface area contributed by atoms with Gasteiger partial charge in [0, 0.05) is 56.3 Å². The summed E-state index contributed by atoms with van der Waals surface area (Å²) in [4.78, 5) is 77.9. The number of alkyl halides is 3. The number of nitrogens with one attached hydrogen (secondary N) is 2. The molecule has 2 aromatic carbocycles. The molecule has 1 atom stereocenters. The van der Waals surface area contributed by atoms with Gasteiger partial charge in [-0.15, -0.1) is 0 Å². The van der Waals surface area contributed by atoms with Gasteiger partial charge in [0.25, 0.3) is 17.7 Å². The van der Waals surface area contributed by atoms with E-state index in [9.17, 15) is 42.3 Å². The Morgan fingerprint density at radius 3 is 2.46 bits per heavy atom. The molecule has 59 heavy (non-hydrogen) atoms. The highest BCUT2D eigenvalue weighted by atomic mass is 32.1. The number of carbonyl (C=O) groups is 5. The number of fused-ring (bicyclic) bond motifs is 2. The molecule has 4 fully saturated rings. The summed E-state index contributed by atoms with van der Waals surface area (Å²) in [5.41, 5.74) is 0.208. The molecule has 0 bridgehead atoms. The predicted molar refractivity (Wildman–Crippen MR) is 211 cm³/mol. The zero-order valence-electron chi connectivity index (χ0n) is 32.4. The molecule has 3 N–H and O–H groups in total. The number of carbonyl (C=O) groups excluding carboxylic acids is 5. The highest BCUT2D eigenvalue weighted by molar-refractivity contribution is 7.22. The quantitative estimate of drug-likeness (QED) is 0.177. The van der Waals surface area contributed by atoms with Crippen molar-refractivity contribution in [3.05, 3.63) is 82.2 Å². The first kappa shape index (κ1) is 39.2. The molecule has 1 saturated carbocycles. The zero-order valence-corrected chi connectivity index (χ0v) is 33.2. The van der Waals surface area contributed by atoms with Crippen LogP contribution in [0.1, 0.15) is 94.0 Å². The monoisotopic (exact) mass is 829 g/mol. The van der Waals surface area contributed by atoms with E-state index < -0.39 is 58.7 Å². The van der Waals surface area contributed by atoms with Crippen LogP contribution in [0.5, 0.6) is 0 Å². The van der Waals surface area contributed by atoms with Crippen LogP contribution < -0.4 is 15.5 Å². The Morgan fingerprint density at radius 2 is 1.75 bits per heavy atom. The van der Waals surface area contributed by atoms with Crippen LogP contribution in [-0.2, 0) is 27.8 Å². The Labute approximate surface area is 341 Å². The number of halogens is 3. The van der Waals surface area contributed by atoms with Crippen molar-refractivity contribution in [2.24, 2.45) is 17.3 Å². The fourth-order valence-electron chi connectivity index (χ4n) is 9.63. The molecule has 1 spiro atoms. The third-order valence-electron chi connectivity index (χ3n) is 12.4. The van der Waals surface area contributed by atoms with E-state index in [1.165, 1.54) is 17.4 Å². The van der Waals surface area contributed by atoms with Crippen molar-refractivity contribution in [1.82, 2.24) is 25.1 Å². The highest BCUT2D eigenvalue weighted by Gasteiger charge is 2.52. The molecule has 5 aliphatic rings. The lowest BCUT2D eigenvalue weighted by atomic mass is 9.56. The average Bonchev–Trinajstić information content (AvgIpc) is 3.65. The molecule has 5 amide bonds. The minimum Gasteiger partial charge on any atom is -0.386 e.